The van der Waals surface area contributed by atoms with E-state index in [1.54, 1.807) is 0 Å². The first-order chi connectivity index (χ1) is 11.8. The molecule has 3 rings (SSSR count). The van der Waals surface area contributed by atoms with Crippen molar-refractivity contribution < 1.29 is 4.79 Å². The van der Waals surface area contributed by atoms with Crippen LogP contribution in [-0.4, -0.2) is 38.7 Å². The average molecular weight is 363 g/mol. The van der Waals surface area contributed by atoms with Gasteiger partial charge in [-0.25, -0.2) is 0 Å². The van der Waals surface area contributed by atoms with Crippen molar-refractivity contribution in [2.75, 3.05) is 13.1 Å². The zero-order valence-corrected chi connectivity index (χ0v) is 16.8. The molecule has 0 aromatic carbocycles. The molecule has 1 N–H and O–H groups in total. The lowest BCUT2D eigenvalue weighted by molar-refractivity contribution is -0.134. The van der Waals surface area contributed by atoms with E-state index >= 15 is 0 Å². The van der Waals surface area contributed by atoms with E-state index in [-0.39, 0.29) is 11.3 Å². The maximum Gasteiger partial charge on any atom is 0.226 e. The van der Waals surface area contributed by atoms with Crippen LogP contribution < -0.4 is 0 Å². The van der Waals surface area contributed by atoms with Crippen molar-refractivity contribution in [2.24, 2.45) is 17.3 Å². The van der Waals surface area contributed by atoms with Gasteiger partial charge in [0.25, 0.3) is 0 Å². The van der Waals surface area contributed by atoms with Crippen LogP contribution in [0.1, 0.15) is 59.2 Å². The molecule has 1 aliphatic heterocycles. The van der Waals surface area contributed by atoms with Gasteiger partial charge in [0.05, 0.1) is 5.92 Å². The second-order valence-corrected chi connectivity index (χ2v) is 8.69. The van der Waals surface area contributed by atoms with Crippen LogP contribution in [0.3, 0.4) is 0 Å². The standard InChI is InChI=1S/C19H30N4OS/c1-6-23-16(20-21-18(23)25)13-7-9-22(10-8-13)17(24)15-14(11-12(2)3)19(15,4)5/h11,13-15H,6-10H2,1-5H3,(H,21,25)/t14-,15+/m0/s1. The topological polar surface area (TPSA) is 53.9 Å². The van der Waals surface area contributed by atoms with E-state index in [9.17, 15) is 4.79 Å². The number of H-pyrrole nitrogens is 1. The lowest BCUT2D eigenvalue weighted by atomic mass is 9.95. The summed E-state index contributed by atoms with van der Waals surface area (Å²) in [6.45, 7) is 13.2. The van der Waals surface area contributed by atoms with Crippen LogP contribution in [0.5, 0.6) is 0 Å². The van der Waals surface area contributed by atoms with Gasteiger partial charge in [0.15, 0.2) is 4.77 Å². The number of piperidine rings is 1. The second kappa shape index (κ2) is 6.71. The van der Waals surface area contributed by atoms with Crippen molar-refractivity contribution in [3.8, 4) is 0 Å². The summed E-state index contributed by atoms with van der Waals surface area (Å²) < 4.78 is 2.77. The summed E-state index contributed by atoms with van der Waals surface area (Å²) in [6, 6.07) is 0. The summed E-state index contributed by atoms with van der Waals surface area (Å²) in [5, 5.41) is 7.34. The molecule has 138 valence electrons. The van der Waals surface area contributed by atoms with Gasteiger partial charge in [0, 0.05) is 25.6 Å². The third kappa shape index (κ3) is 3.33. The quantitative estimate of drug-likeness (QED) is 0.653. The lowest BCUT2D eigenvalue weighted by Gasteiger charge is -2.32. The minimum Gasteiger partial charge on any atom is -0.342 e. The third-order valence-corrected chi connectivity index (χ3v) is 6.28. The molecule has 25 heavy (non-hydrogen) atoms. The molecule has 2 aliphatic rings. The molecule has 5 nitrogen and oxygen atoms in total. The third-order valence-electron chi connectivity index (χ3n) is 5.97. The fraction of sp³-hybridized carbons (Fsp3) is 0.737. The Labute approximate surface area is 155 Å². The number of rotatable bonds is 4. The molecule has 2 fully saturated rings. The van der Waals surface area contributed by atoms with E-state index in [1.807, 2.05) is 0 Å². The van der Waals surface area contributed by atoms with Crippen molar-refractivity contribution in [2.45, 2.75) is 59.9 Å². The highest BCUT2D eigenvalue weighted by Gasteiger charge is 2.61. The minimum absolute atomic E-state index is 0.0931. The summed E-state index contributed by atoms with van der Waals surface area (Å²) in [7, 11) is 0. The fourth-order valence-corrected chi connectivity index (χ4v) is 4.59. The Balaban J connectivity index is 1.64. The highest BCUT2D eigenvalue weighted by molar-refractivity contribution is 7.71. The predicted octanol–water partition coefficient (Wildman–Crippen LogP) is 3.90. The molecular formula is C19H30N4OS. The number of allylic oxidation sites excluding steroid dienone is 2. The molecule has 6 heteroatoms. The van der Waals surface area contributed by atoms with Gasteiger partial charge >= 0.3 is 0 Å². The molecule has 1 aromatic heterocycles. The molecule has 2 atom stereocenters. The van der Waals surface area contributed by atoms with E-state index in [0.717, 1.165) is 38.3 Å². The number of carbonyl (C=O) groups excluding carboxylic acids is 1. The molecule has 1 saturated heterocycles. The first-order valence-corrected chi connectivity index (χ1v) is 9.77. The number of hydrogen-bond acceptors (Lipinski definition) is 3. The van der Waals surface area contributed by atoms with Gasteiger partial charge in [0.1, 0.15) is 5.82 Å². The Hall–Kier alpha value is -1.43. The monoisotopic (exact) mass is 362 g/mol. The molecule has 1 saturated carbocycles. The molecule has 2 heterocycles. The van der Waals surface area contributed by atoms with Crippen LogP contribution in [0, 0.1) is 22.0 Å². The van der Waals surface area contributed by atoms with Crippen molar-refractivity contribution in [3.05, 3.63) is 22.2 Å². The minimum atomic E-state index is 0.0931. The Morgan fingerprint density at radius 1 is 1.36 bits per heavy atom. The smallest absolute Gasteiger partial charge is 0.226 e. The van der Waals surface area contributed by atoms with Crippen molar-refractivity contribution in [1.29, 1.82) is 0 Å². The number of aromatic nitrogens is 3. The van der Waals surface area contributed by atoms with E-state index in [0.29, 0.717) is 22.5 Å². The molecule has 0 spiro atoms. The second-order valence-electron chi connectivity index (χ2n) is 8.30. The maximum atomic E-state index is 13.0. The van der Waals surface area contributed by atoms with Crippen molar-refractivity contribution in [3.63, 3.8) is 0 Å². The number of nitrogens with zero attached hydrogens (tertiary/aromatic N) is 3. The molecule has 0 unspecified atom stereocenters. The normalized spacial score (nSPS) is 25.7. The Kier molecular flexibility index (Phi) is 4.93. The van der Waals surface area contributed by atoms with Gasteiger partial charge in [0.2, 0.25) is 5.91 Å². The summed E-state index contributed by atoms with van der Waals surface area (Å²) in [5.74, 6) is 2.30. The van der Waals surface area contributed by atoms with Gasteiger partial charge in [-0.3, -0.25) is 9.89 Å². The van der Waals surface area contributed by atoms with Gasteiger partial charge < -0.3 is 9.47 Å². The van der Waals surface area contributed by atoms with Gasteiger partial charge in [-0.15, -0.1) is 0 Å². The van der Waals surface area contributed by atoms with E-state index < -0.39 is 0 Å². The van der Waals surface area contributed by atoms with E-state index in [4.69, 9.17) is 12.2 Å². The maximum absolute atomic E-state index is 13.0. The average Bonchev–Trinajstić information content (AvgIpc) is 2.90. The number of amides is 1. The van der Waals surface area contributed by atoms with Crippen molar-refractivity contribution >= 4 is 18.1 Å². The Bertz CT molecular complexity index is 733. The number of likely N-dealkylation sites (tertiary alicyclic amines) is 1. The van der Waals surface area contributed by atoms with Crippen LogP contribution in [0.4, 0.5) is 0 Å². The summed E-state index contributed by atoms with van der Waals surface area (Å²) in [6.07, 6.45) is 4.20. The van der Waals surface area contributed by atoms with Crippen LogP contribution in [0.25, 0.3) is 0 Å². The lowest BCUT2D eigenvalue weighted by Crippen LogP contribution is -2.40. The van der Waals surface area contributed by atoms with Gasteiger partial charge in [-0.2, -0.15) is 5.10 Å². The number of hydrogen-bond donors (Lipinski definition) is 1. The molecule has 0 bridgehead atoms. The summed E-state index contributed by atoms with van der Waals surface area (Å²) >= 11 is 5.30. The number of nitrogens with one attached hydrogen (secondary N) is 1. The van der Waals surface area contributed by atoms with Crippen LogP contribution >= 0.6 is 12.2 Å². The zero-order chi connectivity index (χ0) is 18.4. The first kappa shape index (κ1) is 18.4. The van der Waals surface area contributed by atoms with Crippen molar-refractivity contribution in [1.82, 2.24) is 19.7 Å². The number of carbonyl (C=O) groups is 1. The van der Waals surface area contributed by atoms with E-state index in [1.165, 1.54) is 5.57 Å². The Morgan fingerprint density at radius 2 is 2.00 bits per heavy atom. The highest BCUT2D eigenvalue weighted by Crippen LogP contribution is 2.60. The summed E-state index contributed by atoms with van der Waals surface area (Å²) in [5.41, 5.74) is 1.39. The van der Waals surface area contributed by atoms with Gasteiger partial charge in [-0.1, -0.05) is 25.5 Å². The van der Waals surface area contributed by atoms with E-state index in [2.05, 4.69) is 60.4 Å². The van der Waals surface area contributed by atoms with Crippen LogP contribution in [0.15, 0.2) is 11.6 Å². The molecular weight excluding hydrogens is 332 g/mol. The highest BCUT2D eigenvalue weighted by atomic mass is 32.1. The first-order valence-electron chi connectivity index (χ1n) is 9.36. The molecule has 1 aromatic rings. The predicted molar refractivity (Wildman–Crippen MR) is 102 cm³/mol. The molecule has 0 radical (unpaired) electrons. The van der Waals surface area contributed by atoms with Gasteiger partial charge in [-0.05, 0) is 57.2 Å². The number of aromatic amines is 1. The Morgan fingerprint density at radius 3 is 2.56 bits per heavy atom. The molecule has 1 aliphatic carbocycles. The molecule has 1 amide bonds. The van der Waals surface area contributed by atoms with Crippen LogP contribution in [-0.2, 0) is 11.3 Å². The fourth-order valence-electron chi connectivity index (χ4n) is 4.32. The zero-order valence-electron chi connectivity index (χ0n) is 16.0. The SMILES string of the molecule is CCn1c(C2CCN(C(=O)[C@H]3[C@H](C=C(C)C)C3(C)C)CC2)n[nH]c1=S. The largest absolute Gasteiger partial charge is 0.342 e. The van der Waals surface area contributed by atoms with Crippen LogP contribution in [0.2, 0.25) is 0 Å². The summed E-state index contributed by atoms with van der Waals surface area (Å²) in [4.78, 5) is 15.1.